The Balaban J connectivity index is 1.85. The van der Waals surface area contributed by atoms with E-state index in [0.717, 1.165) is 46.2 Å². The second-order valence-electron chi connectivity index (χ2n) is 6.53. The van der Waals surface area contributed by atoms with E-state index < -0.39 is 0 Å². The average molecular weight is 410 g/mol. The Kier molecular flexibility index (Phi) is 4.64. The molecule has 3 aromatic rings. The monoisotopic (exact) mass is 409 g/mol. The molecule has 5 heteroatoms. The molecule has 1 unspecified atom stereocenters. The zero-order chi connectivity index (χ0) is 18.1. The van der Waals surface area contributed by atoms with Crippen LogP contribution in [0.4, 0.5) is 0 Å². The normalized spacial score (nSPS) is 16.2. The van der Waals surface area contributed by atoms with Gasteiger partial charge in [-0.2, -0.15) is 5.10 Å². The predicted octanol–water partition coefficient (Wildman–Crippen LogP) is 5.18. The lowest BCUT2D eigenvalue weighted by molar-refractivity contribution is 0.0741. The van der Waals surface area contributed by atoms with Crippen molar-refractivity contribution < 1.29 is 4.79 Å². The molecule has 26 heavy (non-hydrogen) atoms. The first-order valence-electron chi connectivity index (χ1n) is 8.90. The zero-order valence-corrected chi connectivity index (χ0v) is 16.2. The molecule has 2 aromatic carbocycles. The van der Waals surface area contributed by atoms with Gasteiger partial charge in [0.2, 0.25) is 0 Å². The Hall–Kier alpha value is -2.40. The van der Waals surface area contributed by atoms with Crippen molar-refractivity contribution in [1.82, 2.24) is 15.1 Å². The molecule has 1 amide bonds. The number of nitrogens with zero attached hydrogens (tertiary/aromatic N) is 2. The molecule has 1 aliphatic heterocycles. The van der Waals surface area contributed by atoms with E-state index in [9.17, 15) is 4.79 Å². The Bertz CT molecular complexity index is 918. The standard InChI is InChI=1S/C21H20BrN3O/c1-2-3-13-25-20(15-9-11-16(22)12-10-15)17-18(14-7-5-4-6-8-14)23-24-19(17)21(25)26/h4-12,20H,2-3,13H2,1H3,(H,23,24). The van der Waals surface area contributed by atoms with Crippen molar-refractivity contribution >= 4 is 21.8 Å². The topological polar surface area (TPSA) is 49.0 Å². The van der Waals surface area contributed by atoms with Crippen LogP contribution in [0.15, 0.2) is 59.1 Å². The summed E-state index contributed by atoms with van der Waals surface area (Å²) in [6, 6.07) is 18.2. The summed E-state index contributed by atoms with van der Waals surface area (Å²) in [6.07, 6.45) is 2.03. The van der Waals surface area contributed by atoms with E-state index in [2.05, 4.69) is 45.2 Å². The molecule has 1 N–H and O–H groups in total. The number of nitrogens with one attached hydrogen (secondary N) is 1. The molecule has 2 heterocycles. The van der Waals surface area contributed by atoms with E-state index in [1.165, 1.54) is 0 Å². The maximum atomic E-state index is 13.0. The molecule has 1 aromatic heterocycles. The Labute approximate surface area is 161 Å². The maximum Gasteiger partial charge on any atom is 0.273 e. The number of H-pyrrole nitrogens is 1. The molecular weight excluding hydrogens is 390 g/mol. The van der Waals surface area contributed by atoms with Crippen molar-refractivity contribution in [3.05, 3.63) is 75.9 Å². The summed E-state index contributed by atoms with van der Waals surface area (Å²) in [5.74, 6) is 0.0380. The average Bonchev–Trinajstić information content (AvgIpc) is 3.21. The fraction of sp³-hybridized carbons (Fsp3) is 0.238. The van der Waals surface area contributed by atoms with Crippen LogP contribution in [0.2, 0.25) is 0 Å². The third kappa shape index (κ3) is 2.86. The Morgan fingerprint density at radius 1 is 1.12 bits per heavy atom. The maximum absolute atomic E-state index is 13.0. The lowest BCUT2D eigenvalue weighted by Crippen LogP contribution is -2.30. The van der Waals surface area contributed by atoms with Gasteiger partial charge < -0.3 is 4.90 Å². The Morgan fingerprint density at radius 2 is 1.85 bits per heavy atom. The number of hydrogen-bond acceptors (Lipinski definition) is 2. The van der Waals surface area contributed by atoms with Crippen LogP contribution in [0.5, 0.6) is 0 Å². The minimum atomic E-state index is -0.105. The SMILES string of the molecule is CCCCN1C(=O)c2[nH]nc(-c3ccccc3)c2C1c1ccc(Br)cc1. The molecule has 0 radical (unpaired) electrons. The molecule has 0 saturated heterocycles. The van der Waals surface area contributed by atoms with E-state index in [1.807, 2.05) is 47.4 Å². The summed E-state index contributed by atoms with van der Waals surface area (Å²) >= 11 is 3.50. The van der Waals surface area contributed by atoms with Gasteiger partial charge in [0.15, 0.2) is 0 Å². The highest BCUT2D eigenvalue weighted by Crippen LogP contribution is 2.42. The van der Waals surface area contributed by atoms with Gasteiger partial charge in [0.25, 0.3) is 5.91 Å². The van der Waals surface area contributed by atoms with Crippen LogP contribution in [0, 0.1) is 0 Å². The minimum Gasteiger partial charge on any atom is -0.326 e. The van der Waals surface area contributed by atoms with Gasteiger partial charge in [0.1, 0.15) is 5.69 Å². The molecule has 1 aliphatic rings. The first-order chi connectivity index (χ1) is 12.7. The van der Waals surface area contributed by atoms with Crippen molar-refractivity contribution in [3.8, 4) is 11.3 Å². The fourth-order valence-corrected chi connectivity index (χ4v) is 3.83. The predicted molar refractivity (Wildman–Crippen MR) is 106 cm³/mol. The van der Waals surface area contributed by atoms with Crippen molar-refractivity contribution in [1.29, 1.82) is 0 Å². The summed E-state index contributed by atoms with van der Waals surface area (Å²) in [5, 5.41) is 7.49. The first kappa shape index (κ1) is 17.0. The quantitative estimate of drug-likeness (QED) is 0.630. The van der Waals surface area contributed by atoms with Crippen LogP contribution in [0.1, 0.15) is 47.4 Å². The fourth-order valence-electron chi connectivity index (χ4n) is 3.56. The number of unbranched alkanes of at least 4 members (excludes halogenated alkanes) is 1. The number of amides is 1. The van der Waals surface area contributed by atoms with Crippen LogP contribution in [-0.2, 0) is 0 Å². The largest absolute Gasteiger partial charge is 0.326 e. The molecule has 0 aliphatic carbocycles. The number of carbonyl (C=O) groups is 1. The number of carbonyl (C=O) groups excluding carboxylic acids is 1. The number of fused-ring (bicyclic) bond motifs is 1. The van der Waals surface area contributed by atoms with Gasteiger partial charge >= 0.3 is 0 Å². The molecule has 4 rings (SSSR count). The first-order valence-corrected chi connectivity index (χ1v) is 9.70. The third-order valence-corrected chi connectivity index (χ3v) is 5.38. The molecule has 132 valence electrons. The second kappa shape index (κ2) is 7.08. The zero-order valence-electron chi connectivity index (χ0n) is 14.6. The smallest absolute Gasteiger partial charge is 0.273 e. The Morgan fingerprint density at radius 3 is 2.54 bits per heavy atom. The lowest BCUT2D eigenvalue weighted by atomic mass is 9.96. The van der Waals surface area contributed by atoms with Gasteiger partial charge in [-0.15, -0.1) is 0 Å². The molecule has 0 fully saturated rings. The van der Waals surface area contributed by atoms with Crippen LogP contribution < -0.4 is 0 Å². The number of benzene rings is 2. The summed E-state index contributed by atoms with van der Waals surface area (Å²) < 4.78 is 1.03. The van der Waals surface area contributed by atoms with Crippen molar-refractivity contribution in [3.63, 3.8) is 0 Å². The van der Waals surface area contributed by atoms with Gasteiger partial charge in [0.05, 0.1) is 11.7 Å². The number of rotatable bonds is 5. The summed E-state index contributed by atoms with van der Waals surface area (Å²) in [5.41, 5.74) is 4.60. The van der Waals surface area contributed by atoms with E-state index in [0.29, 0.717) is 5.69 Å². The number of aromatic amines is 1. The van der Waals surface area contributed by atoms with Crippen molar-refractivity contribution in [2.24, 2.45) is 0 Å². The van der Waals surface area contributed by atoms with Crippen LogP contribution >= 0.6 is 15.9 Å². The second-order valence-corrected chi connectivity index (χ2v) is 7.45. The van der Waals surface area contributed by atoms with Crippen LogP contribution in [0.25, 0.3) is 11.3 Å². The molecule has 0 spiro atoms. The lowest BCUT2D eigenvalue weighted by Gasteiger charge is -2.26. The molecule has 4 nitrogen and oxygen atoms in total. The van der Waals surface area contributed by atoms with Gasteiger partial charge in [0, 0.05) is 22.1 Å². The van der Waals surface area contributed by atoms with E-state index in [4.69, 9.17) is 0 Å². The summed E-state index contributed by atoms with van der Waals surface area (Å²) in [7, 11) is 0. The van der Waals surface area contributed by atoms with Gasteiger partial charge in [-0.05, 0) is 24.1 Å². The highest BCUT2D eigenvalue weighted by atomic mass is 79.9. The molecule has 0 saturated carbocycles. The molecule has 1 atom stereocenters. The van der Waals surface area contributed by atoms with Gasteiger partial charge in [-0.1, -0.05) is 71.7 Å². The van der Waals surface area contributed by atoms with Crippen molar-refractivity contribution in [2.75, 3.05) is 6.54 Å². The molecule has 0 bridgehead atoms. The van der Waals surface area contributed by atoms with E-state index in [-0.39, 0.29) is 11.9 Å². The highest BCUT2D eigenvalue weighted by Gasteiger charge is 2.41. The van der Waals surface area contributed by atoms with Gasteiger partial charge in [-0.25, -0.2) is 0 Å². The van der Waals surface area contributed by atoms with E-state index in [1.54, 1.807) is 0 Å². The van der Waals surface area contributed by atoms with Crippen LogP contribution in [-0.4, -0.2) is 27.5 Å². The third-order valence-electron chi connectivity index (χ3n) is 4.85. The van der Waals surface area contributed by atoms with Gasteiger partial charge in [-0.3, -0.25) is 9.89 Å². The van der Waals surface area contributed by atoms with Crippen molar-refractivity contribution in [2.45, 2.75) is 25.8 Å². The summed E-state index contributed by atoms with van der Waals surface area (Å²) in [4.78, 5) is 15.0. The van der Waals surface area contributed by atoms with E-state index >= 15 is 0 Å². The number of hydrogen-bond donors (Lipinski definition) is 1. The number of halogens is 1. The summed E-state index contributed by atoms with van der Waals surface area (Å²) in [6.45, 7) is 2.89. The minimum absolute atomic E-state index is 0.0380. The molecular formula is C21H20BrN3O. The highest BCUT2D eigenvalue weighted by molar-refractivity contribution is 9.10. The number of aromatic nitrogens is 2. The van der Waals surface area contributed by atoms with Crippen LogP contribution in [0.3, 0.4) is 0 Å².